The second-order valence-electron chi connectivity index (χ2n) is 6.19. The van der Waals surface area contributed by atoms with Crippen LogP contribution in [0.5, 0.6) is 11.5 Å². The predicted molar refractivity (Wildman–Crippen MR) is 103 cm³/mol. The van der Waals surface area contributed by atoms with Crippen LogP contribution in [0.1, 0.15) is 31.4 Å². The Kier molecular flexibility index (Phi) is 7.67. The fourth-order valence-electron chi connectivity index (χ4n) is 2.35. The maximum Gasteiger partial charge on any atom is 0.279 e. The van der Waals surface area contributed by atoms with E-state index in [4.69, 9.17) is 9.47 Å². The van der Waals surface area contributed by atoms with E-state index >= 15 is 0 Å². The lowest BCUT2D eigenvalue weighted by atomic mass is 10.1. The zero-order valence-electron chi connectivity index (χ0n) is 16.0. The molecule has 0 fully saturated rings. The molecule has 2 aromatic carbocycles. The van der Waals surface area contributed by atoms with Crippen LogP contribution < -0.4 is 20.3 Å². The first kappa shape index (κ1) is 20.3. The van der Waals surface area contributed by atoms with Gasteiger partial charge in [0.25, 0.3) is 5.91 Å². The Balaban J connectivity index is 1.71. The van der Waals surface area contributed by atoms with E-state index in [-0.39, 0.29) is 12.3 Å². The van der Waals surface area contributed by atoms with Crippen molar-refractivity contribution in [1.29, 1.82) is 0 Å². The smallest absolute Gasteiger partial charge is 0.279 e. The van der Waals surface area contributed by atoms with Crippen LogP contribution in [0.4, 0.5) is 0 Å². The van der Waals surface area contributed by atoms with Crippen molar-refractivity contribution in [2.24, 2.45) is 0 Å². The van der Waals surface area contributed by atoms with E-state index in [1.807, 2.05) is 38.1 Å². The van der Waals surface area contributed by atoms with Gasteiger partial charge in [0.1, 0.15) is 11.5 Å². The van der Waals surface area contributed by atoms with Crippen molar-refractivity contribution >= 4 is 11.8 Å². The molecule has 0 heterocycles. The SMILES string of the molecule is CCOc1ccc(OC(C)C(=O)NNC(=O)CCc2ccc(C)cc2)cc1. The molecule has 1 unspecified atom stereocenters. The van der Waals surface area contributed by atoms with Crippen molar-refractivity contribution in [3.05, 3.63) is 59.7 Å². The zero-order chi connectivity index (χ0) is 19.6. The lowest BCUT2D eigenvalue weighted by Crippen LogP contribution is -2.47. The fraction of sp³-hybridized carbons (Fsp3) is 0.333. The Hall–Kier alpha value is -3.02. The maximum atomic E-state index is 12.1. The number of carbonyl (C=O) groups is 2. The van der Waals surface area contributed by atoms with Gasteiger partial charge >= 0.3 is 0 Å². The van der Waals surface area contributed by atoms with Crippen molar-refractivity contribution in [1.82, 2.24) is 10.9 Å². The van der Waals surface area contributed by atoms with E-state index in [1.54, 1.807) is 31.2 Å². The summed E-state index contributed by atoms with van der Waals surface area (Å²) < 4.78 is 10.9. The molecule has 27 heavy (non-hydrogen) atoms. The summed E-state index contributed by atoms with van der Waals surface area (Å²) in [5, 5.41) is 0. The minimum Gasteiger partial charge on any atom is -0.494 e. The fourth-order valence-corrected chi connectivity index (χ4v) is 2.35. The van der Waals surface area contributed by atoms with E-state index in [0.717, 1.165) is 11.3 Å². The molecule has 6 heteroatoms. The predicted octanol–water partition coefficient (Wildman–Crippen LogP) is 2.94. The molecule has 144 valence electrons. The molecule has 2 amide bonds. The third kappa shape index (κ3) is 7.01. The summed E-state index contributed by atoms with van der Waals surface area (Å²) in [5.74, 6) is 0.611. The van der Waals surface area contributed by atoms with Crippen LogP contribution in [-0.2, 0) is 16.0 Å². The topological polar surface area (TPSA) is 76.7 Å². The van der Waals surface area contributed by atoms with Crippen LogP contribution in [0.15, 0.2) is 48.5 Å². The number of aryl methyl sites for hydroxylation is 2. The van der Waals surface area contributed by atoms with Crippen LogP contribution in [0, 0.1) is 6.92 Å². The monoisotopic (exact) mass is 370 g/mol. The summed E-state index contributed by atoms with van der Waals surface area (Å²) in [7, 11) is 0. The Morgan fingerprint density at radius 3 is 2.22 bits per heavy atom. The Morgan fingerprint density at radius 2 is 1.59 bits per heavy atom. The van der Waals surface area contributed by atoms with Crippen LogP contribution >= 0.6 is 0 Å². The molecule has 0 radical (unpaired) electrons. The van der Waals surface area contributed by atoms with E-state index in [2.05, 4.69) is 10.9 Å². The largest absolute Gasteiger partial charge is 0.494 e. The van der Waals surface area contributed by atoms with Crippen LogP contribution in [0.3, 0.4) is 0 Å². The molecule has 2 N–H and O–H groups in total. The van der Waals surface area contributed by atoms with Gasteiger partial charge in [-0.1, -0.05) is 29.8 Å². The van der Waals surface area contributed by atoms with Crippen molar-refractivity contribution in [3.8, 4) is 11.5 Å². The van der Waals surface area contributed by atoms with Gasteiger partial charge in [0.2, 0.25) is 5.91 Å². The van der Waals surface area contributed by atoms with Gasteiger partial charge in [-0.2, -0.15) is 0 Å². The number of nitrogens with one attached hydrogen (secondary N) is 2. The third-order valence-corrected chi connectivity index (χ3v) is 3.90. The molecule has 0 spiro atoms. The molecule has 0 bridgehead atoms. The summed E-state index contributed by atoms with van der Waals surface area (Å²) in [6.07, 6.45) is 0.151. The zero-order valence-corrected chi connectivity index (χ0v) is 16.0. The van der Waals surface area contributed by atoms with Gasteiger partial charge in [0.15, 0.2) is 6.10 Å². The number of hydrogen-bond donors (Lipinski definition) is 2. The van der Waals surface area contributed by atoms with Crippen molar-refractivity contribution in [2.75, 3.05) is 6.61 Å². The normalized spacial score (nSPS) is 11.4. The minimum absolute atomic E-state index is 0.253. The highest BCUT2D eigenvalue weighted by molar-refractivity contribution is 5.84. The molecule has 1 atom stereocenters. The highest BCUT2D eigenvalue weighted by atomic mass is 16.5. The first-order valence-corrected chi connectivity index (χ1v) is 9.01. The van der Waals surface area contributed by atoms with E-state index in [0.29, 0.717) is 18.8 Å². The Morgan fingerprint density at radius 1 is 0.963 bits per heavy atom. The third-order valence-electron chi connectivity index (χ3n) is 3.90. The maximum absolute atomic E-state index is 12.1. The van der Waals surface area contributed by atoms with Crippen LogP contribution in [-0.4, -0.2) is 24.5 Å². The van der Waals surface area contributed by atoms with Gasteiger partial charge in [0, 0.05) is 6.42 Å². The number of ether oxygens (including phenoxy) is 2. The van der Waals surface area contributed by atoms with E-state index in [1.165, 1.54) is 5.56 Å². The molecule has 6 nitrogen and oxygen atoms in total. The first-order valence-electron chi connectivity index (χ1n) is 9.01. The second-order valence-corrected chi connectivity index (χ2v) is 6.19. The molecule has 2 rings (SSSR count). The van der Waals surface area contributed by atoms with E-state index in [9.17, 15) is 9.59 Å². The lowest BCUT2D eigenvalue weighted by Gasteiger charge is -2.15. The first-order chi connectivity index (χ1) is 13.0. The molecular formula is C21H26N2O4. The van der Waals surface area contributed by atoms with Gasteiger partial charge < -0.3 is 9.47 Å². The number of rotatable bonds is 8. The summed E-state index contributed by atoms with van der Waals surface area (Å²) >= 11 is 0. The summed E-state index contributed by atoms with van der Waals surface area (Å²) in [4.78, 5) is 23.9. The van der Waals surface area contributed by atoms with Crippen molar-refractivity contribution in [3.63, 3.8) is 0 Å². The Bertz CT molecular complexity index is 742. The summed E-state index contributed by atoms with van der Waals surface area (Å²) in [6.45, 7) is 6.13. The number of amides is 2. The summed E-state index contributed by atoms with van der Waals surface area (Å²) in [6, 6.07) is 15.0. The molecule has 0 aliphatic rings. The lowest BCUT2D eigenvalue weighted by molar-refractivity contribution is -0.132. The molecule has 0 aliphatic carbocycles. The van der Waals surface area contributed by atoms with Gasteiger partial charge in [-0.05, 0) is 57.0 Å². The average molecular weight is 370 g/mol. The van der Waals surface area contributed by atoms with Crippen molar-refractivity contribution < 1.29 is 19.1 Å². The number of benzene rings is 2. The quantitative estimate of drug-likeness (QED) is 0.701. The summed E-state index contributed by atoms with van der Waals surface area (Å²) in [5.41, 5.74) is 7.07. The standard InChI is InChI=1S/C21H26N2O4/c1-4-26-18-10-12-19(13-11-18)27-16(3)21(25)23-22-20(24)14-9-17-7-5-15(2)6-8-17/h5-8,10-13,16H,4,9,14H2,1-3H3,(H,22,24)(H,23,25). The molecule has 0 saturated carbocycles. The van der Waals surface area contributed by atoms with Gasteiger partial charge in [0.05, 0.1) is 6.61 Å². The molecule has 0 aliphatic heterocycles. The highest BCUT2D eigenvalue weighted by Gasteiger charge is 2.15. The molecule has 0 saturated heterocycles. The van der Waals surface area contributed by atoms with Gasteiger partial charge in [-0.15, -0.1) is 0 Å². The van der Waals surface area contributed by atoms with Crippen LogP contribution in [0.2, 0.25) is 0 Å². The molecule has 0 aromatic heterocycles. The average Bonchev–Trinajstić information content (AvgIpc) is 2.67. The number of carbonyl (C=O) groups excluding carboxylic acids is 2. The number of hydrogen-bond acceptors (Lipinski definition) is 4. The molecule has 2 aromatic rings. The minimum atomic E-state index is -0.750. The van der Waals surface area contributed by atoms with Crippen LogP contribution in [0.25, 0.3) is 0 Å². The Labute approximate surface area is 159 Å². The van der Waals surface area contributed by atoms with Gasteiger partial charge in [-0.25, -0.2) is 0 Å². The van der Waals surface area contributed by atoms with E-state index < -0.39 is 12.0 Å². The second kappa shape index (κ2) is 10.2. The van der Waals surface area contributed by atoms with Crippen molar-refractivity contribution in [2.45, 2.75) is 39.7 Å². The highest BCUT2D eigenvalue weighted by Crippen LogP contribution is 2.18. The van der Waals surface area contributed by atoms with Gasteiger partial charge in [-0.3, -0.25) is 20.4 Å². The number of hydrazine groups is 1. The molecular weight excluding hydrogens is 344 g/mol.